The standard InChI is InChI=1S/C58H68N6O8.Mn.2Na/c1-33-41(21-23-53(65)43(59)27-55(67)68)49-32-50-42(22-24-54(66)44(60)28-56(69)70)34(2)46(62-50)30-51-58(38(6)72-26-14-20-40-17-11-8-12-18-40)36(4)48(64-51)31-52-57(35(3)47(63-52)29-45(33)61-49)37(5)71-25-13-19-39-15-9-7-10-16-39;;;/h7-12,15-18,29-32,37-38,43-44,63-64H,13-14,19-28,59-60H2,1-6H3,(H,67,68)(H,69,70);;;/q;;2*+1/p-2. The number of aromatic amines is 2. The molecule has 14 nitrogen and oxygen atoms in total. The zero-order chi connectivity index (χ0) is 51.6. The van der Waals surface area contributed by atoms with Gasteiger partial charge in [0.1, 0.15) is 11.6 Å². The zero-order valence-electron chi connectivity index (χ0n) is 44.6. The van der Waals surface area contributed by atoms with Crippen LogP contribution in [0.15, 0.2) is 84.9 Å². The van der Waals surface area contributed by atoms with Crippen molar-refractivity contribution in [1.29, 1.82) is 0 Å². The number of allylic oxidation sites excluding steroid dienone is 4. The number of nitrogens with one attached hydrogen (secondary N) is 2. The first-order valence-electron chi connectivity index (χ1n) is 24.9. The predicted octanol–water partition coefficient (Wildman–Crippen LogP) is 1.85. The van der Waals surface area contributed by atoms with Gasteiger partial charge in [0.2, 0.25) is 0 Å². The van der Waals surface area contributed by atoms with Gasteiger partial charge in [0, 0.05) is 101 Å². The summed E-state index contributed by atoms with van der Waals surface area (Å²) in [5, 5.41) is 22.7. The molecule has 75 heavy (non-hydrogen) atoms. The number of fused-ring (bicyclic) bond motifs is 8. The Kier molecular flexibility index (Phi) is 24.8. The summed E-state index contributed by atoms with van der Waals surface area (Å²) < 4.78 is 13.2. The first-order chi connectivity index (χ1) is 34.5. The minimum atomic E-state index is -1.41. The number of nitrogens with two attached hydrogens (primary N) is 2. The van der Waals surface area contributed by atoms with Crippen molar-refractivity contribution >= 4 is 67.9 Å². The van der Waals surface area contributed by atoms with Gasteiger partial charge in [0.05, 0.1) is 47.1 Å². The smallest absolute Gasteiger partial charge is 0.550 e. The normalized spacial score (nSPS) is 13.8. The Bertz CT molecular complexity index is 3060. The molecule has 2 aliphatic rings. The van der Waals surface area contributed by atoms with Gasteiger partial charge in [-0.05, 0) is 149 Å². The topological polar surface area (TPSA) is 242 Å². The number of carboxylic acid groups (broad SMARTS) is 2. The maximum Gasteiger partial charge on any atom is 1.00 e. The maximum absolute atomic E-state index is 13.2. The second-order valence-corrected chi connectivity index (χ2v) is 19.0. The minimum Gasteiger partial charge on any atom is -0.550 e. The molecule has 7 rings (SSSR count). The molecule has 5 aromatic rings. The maximum atomic E-state index is 13.2. The Balaban J connectivity index is 0.00000406. The molecular weight excluding hydrogens is 1010 g/mol. The van der Waals surface area contributed by atoms with E-state index in [1.165, 1.54) is 11.1 Å². The summed E-state index contributed by atoms with van der Waals surface area (Å²) in [4.78, 5) is 67.0. The number of hydrogen-bond donors (Lipinski definition) is 4. The summed E-state index contributed by atoms with van der Waals surface area (Å²) >= 11 is 0. The van der Waals surface area contributed by atoms with Gasteiger partial charge in [-0.2, -0.15) is 0 Å². The largest absolute Gasteiger partial charge is 1.00 e. The fourth-order valence-electron chi connectivity index (χ4n) is 9.81. The van der Waals surface area contributed by atoms with E-state index in [1.54, 1.807) is 0 Å². The van der Waals surface area contributed by atoms with Crippen molar-refractivity contribution in [3.8, 4) is 0 Å². The molecule has 17 heteroatoms. The summed E-state index contributed by atoms with van der Waals surface area (Å²) in [5.41, 5.74) is 27.2. The van der Waals surface area contributed by atoms with E-state index >= 15 is 0 Å². The van der Waals surface area contributed by atoms with Crippen molar-refractivity contribution in [2.45, 2.75) is 130 Å². The minimum absolute atomic E-state index is 0. The Morgan fingerprint density at radius 1 is 0.547 bits per heavy atom. The molecule has 0 spiro atoms. The SMILES string of the molecule is CC1=C(CCC(=O)C(N)CC(=O)[O-])c2cc3nc(cc4[nH]c(cc5[nH]c(cc1n2)c(C)c5C(C)OCCCc1ccccc1)c(C)c4C(C)OCCCc1ccccc1)C(C)=C3CCC(=O)C(N)CC(=O)[O-].[Mn].[Na+].[Na+]. The number of benzene rings is 2. The van der Waals surface area contributed by atoms with E-state index in [9.17, 15) is 29.4 Å². The van der Waals surface area contributed by atoms with Crippen LogP contribution in [-0.4, -0.2) is 68.7 Å². The van der Waals surface area contributed by atoms with Gasteiger partial charge in [-0.15, -0.1) is 0 Å². The number of hydrogen-bond acceptors (Lipinski definition) is 12. The molecule has 5 heterocycles. The van der Waals surface area contributed by atoms with E-state index < -0.39 is 48.4 Å². The Morgan fingerprint density at radius 2 is 0.920 bits per heavy atom. The summed E-state index contributed by atoms with van der Waals surface area (Å²) in [6, 6.07) is 26.2. The van der Waals surface area contributed by atoms with E-state index in [0.29, 0.717) is 36.0 Å². The second kappa shape index (κ2) is 29.4. The fourth-order valence-corrected chi connectivity index (χ4v) is 9.81. The van der Waals surface area contributed by atoms with E-state index in [-0.39, 0.29) is 114 Å². The van der Waals surface area contributed by atoms with Crippen LogP contribution in [0.5, 0.6) is 0 Å². The number of Topliss-reactive ketones (excluding diaryl/α,β-unsaturated/α-hetero) is 2. The molecule has 0 aliphatic carbocycles. The molecule has 2 aliphatic heterocycles. The fraction of sp³-hybridized carbons (Fsp3) is 0.379. The number of ketones is 2. The predicted molar refractivity (Wildman–Crippen MR) is 277 cm³/mol. The first-order valence-corrected chi connectivity index (χ1v) is 24.9. The van der Waals surface area contributed by atoms with E-state index in [2.05, 4.69) is 68.0 Å². The zero-order valence-corrected chi connectivity index (χ0v) is 49.8. The average molecular weight is 1080 g/mol. The van der Waals surface area contributed by atoms with Crippen molar-refractivity contribution in [3.63, 3.8) is 0 Å². The number of aromatic nitrogens is 4. The third-order valence-electron chi connectivity index (χ3n) is 13.9. The number of aryl methyl sites for hydroxylation is 4. The monoisotopic (exact) mass is 1080 g/mol. The number of carboxylic acids is 2. The number of carbonyl (C=O) groups is 4. The molecule has 6 N–H and O–H groups in total. The molecule has 3 aromatic heterocycles. The summed E-state index contributed by atoms with van der Waals surface area (Å²) in [7, 11) is 0. The number of nitrogens with zero attached hydrogens (tertiary/aromatic N) is 2. The van der Waals surface area contributed by atoms with Gasteiger partial charge in [-0.1, -0.05) is 60.7 Å². The van der Waals surface area contributed by atoms with Gasteiger partial charge < -0.3 is 50.7 Å². The third-order valence-corrected chi connectivity index (χ3v) is 13.9. The second-order valence-electron chi connectivity index (χ2n) is 19.0. The van der Waals surface area contributed by atoms with E-state index in [0.717, 1.165) is 92.3 Å². The summed E-state index contributed by atoms with van der Waals surface area (Å²) in [6.07, 6.45) is 1.98. The van der Waals surface area contributed by atoms with Crippen LogP contribution in [0.1, 0.15) is 147 Å². The van der Waals surface area contributed by atoms with Crippen LogP contribution in [0, 0.1) is 13.8 Å². The molecule has 4 unspecified atom stereocenters. The van der Waals surface area contributed by atoms with Crippen molar-refractivity contribution in [3.05, 3.63) is 141 Å². The quantitative estimate of drug-likeness (QED) is 0.0512. The van der Waals surface area contributed by atoms with Crippen LogP contribution in [-0.2, 0) is 58.6 Å². The van der Waals surface area contributed by atoms with Gasteiger partial charge in [0.25, 0.3) is 0 Å². The van der Waals surface area contributed by atoms with Gasteiger partial charge in [-0.25, -0.2) is 9.97 Å². The van der Waals surface area contributed by atoms with Gasteiger partial charge in [0.15, 0.2) is 0 Å². The molecule has 0 amide bonds. The number of aliphatic carboxylic acids is 2. The first kappa shape index (κ1) is 63.2. The summed E-state index contributed by atoms with van der Waals surface area (Å²) in [6.45, 7) is 13.3. The molecule has 385 valence electrons. The van der Waals surface area contributed by atoms with Crippen molar-refractivity contribution in [2.24, 2.45) is 11.5 Å². The van der Waals surface area contributed by atoms with E-state index in [1.807, 2.05) is 68.4 Å². The molecule has 0 saturated heterocycles. The van der Waals surface area contributed by atoms with Gasteiger partial charge >= 0.3 is 59.1 Å². The molecule has 2 aromatic carbocycles. The van der Waals surface area contributed by atoms with Crippen LogP contribution >= 0.6 is 0 Å². The summed E-state index contributed by atoms with van der Waals surface area (Å²) in [5.74, 6) is -3.66. The third kappa shape index (κ3) is 16.4. The number of carbonyl (C=O) groups excluding carboxylic acids is 4. The van der Waals surface area contributed by atoms with Crippen LogP contribution < -0.4 is 80.8 Å². The average Bonchev–Trinajstić information content (AvgIpc) is 4.02. The van der Waals surface area contributed by atoms with Crippen LogP contribution in [0.4, 0.5) is 0 Å². The Morgan fingerprint density at radius 3 is 1.32 bits per heavy atom. The molecule has 0 fully saturated rings. The van der Waals surface area contributed by atoms with Crippen molar-refractivity contribution in [1.82, 2.24) is 19.9 Å². The molecule has 1 radical (unpaired) electrons. The van der Waals surface area contributed by atoms with Crippen LogP contribution in [0.3, 0.4) is 0 Å². The van der Waals surface area contributed by atoms with E-state index in [4.69, 9.17) is 30.9 Å². The van der Waals surface area contributed by atoms with Crippen molar-refractivity contribution < 1.29 is 115 Å². The van der Waals surface area contributed by atoms with Crippen LogP contribution in [0.25, 0.3) is 44.4 Å². The van der Waals surface area contributed by atoms with Crippen molar-refractivity contribution in [2.75, 3.05) is 13.2 Å². The molecule has 8 bridgehead atoms. The molecule has 4 atom stereocenters. The van der Waals surface area contributed by atoms with Crippen LogP contribution in [0.2, 0.25) is 0 Å². The Labute approximate surface area is 494 Å². The molecular formula is C58H66MnN6Na2O8. The number of rotatable bonds is 24. The number of ether oxygens (including phenoxy) is 2. The number of H-pyrrole nitrogens is 2. The van der Waals surface area contributed by atoms with Gasteiger partial charge in [-0.3, -0.25) is 9.59 Å². The Hall–Kier alpha value is -4.32. The molecule has 0 saturated carbocycles.